The molecule has 0 bridgehead atoms. The Morgan fingerprint density at radius 3 is 2.94 bits per heavy atom. The van der Waals surface area contributed by atoms with Crippen LogP contribution in [0.25, 0.3) is 0 Å². The van der Waals surface area contributed by atoms with Gasteiger partial charge in [-0.1, -0.05) is 6.07 Å². The van der Waals surface area contributed by atoms with E-state index in [0.717, 1.165) is 18.5 Å². The van der Waals surface area contributed by atoms with Crippen LogP contribution in [0.3, 0.4) is 0 Å². The highest BCUT2D eigenvalue weighted by Gasteiger charge is 2.45. The van der Waals surface area contributed by atoms with Gasteiger partial charge in [-0.2, -0.15) is 0 Å². The van der Waals surface area contributed by atoms with Crippen molar-refractivity contribution in [3.8, 4) is 0 Å². The molecule has 1 aromatic heterocycles. The van der Waals surface area contributed by atoms with Gasteiger partial charge in [0.15, 0.2) is 0 Å². The molecule has 1 aliphatic heterocycles. The lowest BCUT2D eigenvalue weighted by Crippen LogP contribution is -2.55. The van der Waals surface area contributed by atoms with Crippen molar-refractivity contribution in [2.45, 2.75) is 6.42 Å². The minimum absolute atomic E-state index is 0.308. The van der Waals surface area contributed by atoms with Gasteiger partial charge in [0, 0.05) is 18.9 Å². The summed E-state index contributed by atoms with van der Waals surface area (Å²) in [5.41, 5.74) is 0.434. The van der Waals surface area contributed by atoms with Crippen molar-refractivity contribution < 1.29 is 14.6 Å². The van der Waals surface area contributed by atoms with E-state index in [9.17, 15) is 4.79 Å². The number of hydrogen-bond donors (Lipinski definition) is 2. The van der Waals surface area contributed by atoms with Crippen LogP contribution in [0.4, 0.5) is 0 Å². The van der Waals surface area contributed by atoms with Gasteiger partial charge in [-0.3, -0.25) is 9.78 Å². The number of rotatable bonds is 6. The van der Waals surface area contributed by atoms with E-state index in [2.05, 4.69) is 10.3 Å². The second-order valence-electron chi connectivity index (χ2n) is 4.37. The van der Waals surface area contributed by atoms with E-state index < -0.39 is 11.4 Å². The van der Waals surface area contributed by atoms with Crippen LogP contribution in [0.15, 0.2) is 24.5 Å². The van der Waals surface area contributed by atoms with Crippen molar-refractivity contribution in [1.82, 2.24) is 10.3 Å². The first-order valence-corrected chi connectivity index (χ1v) is 5.64. The minimum Gasteiger partial charge on any atom is -0.481 e. The van der Waals surface area contributed by atoms with Gasteiger partial charge in [0.2, 0.25) is 0 Å². The molecule has 2 heterocycles. The van der Waals surface area contributed by atoms with E-state index in [0.29, 0.717) is 19.8 Å². The number of nitrogens with one attached hydrogen (secondary N) is 1. The maximum Gasteiger partial charge on any atom is 0.315 e. The van der Waals surface area contributed by atoms with E-state index in [1.165, 1.54) is 0 Å². The van der Waals surface area contributed by atoms with Gasteiger partial charge < -0.3 is 15.2 Å². The van der Waals surface area contributed by atoms with Crippen LogP contribution < -0.4 is 5.32 Å². The predicted molar refractivity (Wildman–Crippen MR) is 61.7 cm³/mol. The van der Waals surface area contributed by atoms with Crippen molar-refractivity contribution in [3.63, 3.8) is 0 Å². The normalized spacial score (nSPS) is 17.4. The number of aromatic nitrogens is 1. The van der Waals surface area contributed by atoms with Gasteiger partial charge in [0.25, 0.3) is 0 Å². The summed E-state index contributed by atoms with van der Waals surface area (Å²) in [6.07, 6.45) is 4.41. The molecule has 0 aliphatic carbocycles. The first-order chi connectivity index (χ1) is 8.23. The number of hydrogen-bond acceptors (Lipinski definition) is 4. The van der Waals surface area contributed by atoms with E-state index in [4.69, 9.17) is 9.84 Å². The fraction of sp³-hybridized carbons (Fsp3) is 0.500. The SMILES string of the molecule is O=C(O)C1(CNCCc2cccnc2)COC1. The molecule has 1 fully saturated rings. The number of nitrogens with zero attached hydrogens (tertiary/aromatic N) is 1. The standard InChI is InChI=1S/C12H16N2O3/c15-11(16)12(8-17-9-12)7-14-5-3-10-2-1-4-13-6-10/h1-2,4,6,14H,3,5,7-9H2,(H,15,16). The van der Waals surface area contributed by atoms with Crippen molar-refractivity contribution in [2.75, 3.05) is 26.3 Å². The second-order valence-corrected chi connectivity index (χ2v) is 4.37. The molecule has 0 unspecified atom stereocenters. The third kappa shape index (κ3) is 2.81. The van der Waals surface area contributed by atoms with Crippen LogP contribution in [0.2, 0.25) is 0 Å². The fourth-order valence-electron chi connectivity index (χ4n) is 1.76. The molecule has 1 aromatic rings. The Kier molecular flexibility index (Phi) is 3.71. The zero-order valence-corrected chi connectivity index (χ0v) is 9.56. The number of pyridine rings is 1. The number of ether oxygens (including phenoxy) is 1. The predicted octanol–water partition coefficient (Wildman–Crippen LogP) is 0.315. The number of carboxylic acid groups (broad SMARTS) is 1. The Morgan fingerprint density at radius 1 is 1.59 bits per heavy atom. The zero-order chi connectivity index (χ0) is 12.1. The van der Waals surface area contributed by atoms with Crippen molar-refractivity contribution in [1.29, 1.82) is 0 Å². The zero-order valence-electron chi connectivity index (χ0n) is 9.56. The third-order valence-corrected chi connectivity index (χ3v) is 2.99. The fourth-order valence-corrected chi connectivity index (χ4v) is 1.76. The van der Waals surface area contributed by atoms with Crippen LogP contribution in [-0.4, -0.2) is 42.4 Å². The van der Waals surface area contributed by atoms with Crippen molar-refractivity contribution in [3.05, 3.63) is 30.1 Å². The summed E-state index contributed by atoms with van der Waals surface area (Å²) in [6, 6.07) is 3.90. The monoisotopic (exact) mass is 236 g/mol. The average molecular weight is 236 g/mol. The largest absolute Gasteiger partial charge is 0.481 e. The van der Waals surface area contributed by atoms with Crippen LogP contribution in [0.5, 0.6) is 0 Å². The van der Waals surface area contributed by atoms with Crippen molar-refractivity contribution in [2.24, 2.45) is 5.41 Å². The van der Waals surface area contributed by atoms with Gasteiger partial charge in [-0.25, -0.2) is 0 Å². The van der Waals surface area contributed by atoms with Gasteiger partial charge in [0.1, 0.15) is 5.41 Å². The molecule has 5 heteroatoms. The molecule has 0 atom stereocenters. The van der Waals surface area contributed by atoms with Gasteiger partial charge in [-0.15, -0.1) is 0 Å². The summed E-state index contributed by atoms with van der Waals surface area (Å²) in [7, 11) is 0. The maximum atomic E-state index is 11.0. The highest BCUT2D eigenvalue weighted by atomic mass is 16.5. The molecule has 0 spiro atoms. The molecule has 17 heavy (non-hydrogen) atoms. The quantitative estimate of drug-likeness (QED) is 0.696. The summed E-state index contributed by atoms with van der Waals surface area (Å²) in [5, 5.41) is 12.2. The summed E-state index contributed by atoms with van der Waals surface area (Å²) in [5.74, 6) is -0.780. The molecule has 1 aliphatic rings. The van der Waals surface area contributed by atoms with Crippen LogP contribution >= 0.6 is 0 Å². The maximum absolute atomic E-state index is 11.0. The van der Waals surface area contributed by atoms with E-state index in [1.54, 1.807) is 6.20 Å². The molecule has 2 N–H and O–H groups in total. The molecule has 1 saturated heterocycles. The minimum atomic E-state index is -0.780. The summed E-state index contributed by atoms with van der Waals surface area (Å²) in [4.78, 5) is 15.1. The second kappa shape index (κ2) is 5.25. The topological polar surface area (TPSA) is 71.5 Å². The molecule has 0 radical (unpaired) electrons. The summed E-state index contributed by atoms with van der Waals surface area (Å²) >= 11 is 0. The Morgan fingerprint density at radius 2 is 2.41 bits per heavy atom. The molecule has 0 aromatic carbocycles. The van der Waals surface area contributed by atoms with E-state index in [1.807, 2.05) is 18.3 Å². The molecular formula is C12H16N2O3. The Hall–Kier alpha value is -1.46. The Balaban J connectivity index is 1.71. The first kappa shape index (κ1) is 12.0. The van der Waals surface area contributed by atoms with Crippen LogP contribution in [0, 0.1) is 5.41 Å². The van der Waals surface area contributed by atoms with Crippen LogP contribution in [0.1, 0.15) is 5.56 Å². The van der Waals surface area contributed by atoms with Crippen molar-refractivity contribution >= 4 is 5.97 Å². The first-order valence-electron chi connectivity index (χ1n) is 5.64. The molecule has 0 amide bonds. The number of carbonyl (C=O) groups is 1. The van der Waals surface area contributed by atoms with Gasteiger partial charge >= 0.3 is 5.97 Å². The average Bonchev–Trinajstić information content (AvgIpc) is 2.27. The lowest BCUT2D eigenvalue weighted by atomic mass is 9.86. The van der Waals surface area contributed by atoms with Gasteiger partial charge in [-0.05, 0) is 24.6 Å². The van der Waals surface area contributed by atoms with E-state index in [-0.39, 0.29) is 0 Å². The smallest absolute Gasteiger partial charge is 0.315 e. The Labute approximate surface area is 99.8 Å². The lowest BCUT2D eigenvalue weighted by Gasteiger charge is -2.37. The highest BCUT2D eigenvalue weighted by molar-refractivity contribution is 5.76. The highest BCUT2D eigenvalue weighted by Crippen LogP contribution is 2.26. The molecule has 92 valence electrons. The molecular weight excluding hydrogens is 220 g/mol. The molecule has 2 rings (SSSR count). The van der Waals surface area contributed by atoms with Gasteiger partial charge in [0.05, 0.1) is 13.2 Å². The van der Waals surface area contributed by atoms with E-state index >= 15 is 0 Å². The number of carboxylic acids is 1. The molecule has 0 saturated carbocycles. The Bertz CT molecular complexity index is 377. The third-order valence-electron chi connectivity index (χ3n) is 2.99. The molecule has 5 nitrogen and oxygen atoms in total. The summed E-state index contributed by atoms with van der Waals surface area (Å²) in [6.45, 7) is 1.83. The summed E-state index contributed by atoms with van der Waals surface area (Å²) < 4.78 is 4.98. The van der Waals surface area contributed by atoms with Crippen LogP contribution in [-0.2, 0) is 16.0 Å². The lowest BCUT2D eigenvalue weighted by molar-refractivity contribution is -0.178. The number of aliphatic carboxylic acids is 1.